The van der Waals surface area contributed by atoms with E-state index in [1.54, 1.807) is 0 Å². The zero-order valence-corrected chi connectivity index (χ0v) is 19.9. The minimum Gasteiger partial charge on any atom is -0.394 e. The van der Waals surface area contributed by atoms with Crippen molar-refractivity contribution in [1.82, 2.24) is 10.2 Å². The predicted octanol–water partition coefficient (Wildman–Crippen LogP) is 2.49. The molecule has 3 rings (SSSR count). The van der Waals surface area contributed by atoms with E-state index in [0.29, 0.717) is 10.6 Å². The normalized spacial score (nSPS) is 20.4. The predicted molar refractivity (Wildman–Crippen MR) is 128 cm³/mol. The SMILES string of the molecule is CC(C)(C)[C@H](N)C(=O)N1C[C@H](O)C[C@H]1C(=O)N[C@@H](CO)c1ccc(-c2ccccc2Cl)cc1. The first-order chi connectivity index (χ1) is 15.5. The third-order valence-corrected chi connectivity index (χ3v) is 6.39. The number of nitrogens with two attached hydrogens (primary N) is 1. The van der Waals surface area contributed by atoms with Gasteiger partial charge in [-0.1, -0.05) is 74.8 Å². The molecule has 2 aromatic carbocycles. The first-order valence-corrected chi connectivity index (χ1v) is 11.4. The molecular weight excluding hydrogens is 442 g/mol. The average molecular weight is 474 g/mol. The van der Waals surface area contributed by atoms with Gasteiger partial charge in [0.05, 0.1) is 24.8 Å². The lowest BCUT2D eigenvalue weighted by Gasteiger charge is -2.33. The van der Waals surface area contributed by atoms with E-state index in [2.05, 4.69) is 5.32 Å². The van der Waals surface area contributed by atoms with Gasteiger partial charge >= 0.3 is 0 Å². The number of halogens is 1. The molecule has 8 heteroatoms. The minimum atomic E-state index is -0.850. The molecule has 0 unspecified atom stereocenters. The number of nitrogens with zero attached hydrogens (tertiary/aromatic N) is 1. The number of amides is 2. The van der Waals surface area contributed by atoms with Crippen LogP contribution >= 0.6 is 11.6 Å². The fraction of sp³-hybridized carbons (Fsp3) is 0.440. The van der Waals surface area contributed by atoms with Gasteiger partial charge in [0.25, 0.3) is 0 Å². The van der Waals surface area contributed by atoms with Crippen LogP contribution in [-0.2, 0) is 9.59 Å². The van der Waals surface area contributed by atoms with Gasteiger partial charge in [-0.2, -0.15) is 0 Å². The zero-order valence-electron chi connectivity index (χ0n) is 19.2. The first-order valence-electron chi connectivity index (χ1n) is 11.0. The third-order valence-electron chi connectivity index (χ3n) is 6.06. The van der Waals surface area contributed by atoms with Crippen LogP contribution in [0, 0.1) is 5.41 Å². The van der Waals surface area contributed by atoms with Crippen LogP contribution in [0.2, 0.25) is 5.02 Å². The van der Waals surface area contributed by atoms with Crippen molar-refractivity contribution < 1.29 is 19.8 Å². The summed E-state index contributed by atoms with van der Waals surface area (Å²) in [5, 5.41) is 23.5. The first kappa shape index (κ1) is 25.2. The number of rotatable bonds is 6. The van der Waals surface area contributed by atoms with Gasteiger partial charge in [-0.15, -0.1) is 0 Å². The molecule has 0 aromatic heterocycles. The second-order valence-electron chi connectivity index (χ2n) is 9.59. The summed E-state index contributed by atoms with van der Waals surface area (Å²) in [5.74, 6) is -0.806. The Morgan fingerprint density at radius 3 is 2.39 bits per heavy atom. The minimum absolute atomic E-state index is 0.0526. The number of aliphatic hydroxyl groups excluding tert-OH is 2. The molecule has 2 amide bonds. The van der Waals surface area contributed by atoms with Crippen molar-refractivity contribution in [1.29, 1.82) is 0 Å². The summed E-state index contributed by atoms with van der Waals surface area (Å²) in [7, 11) is 0. The van der Waals surface area contributed by atoms with Gasteiger partial charge in [-0.05, 0) is 22.6 Å². The highest BCUT2D eigenvalue weighted by atomic mass is 35.5. The number of carbonyl (C=O) groups excluding carboxylic acids is 2. The number of benzene rings is 2. The van der Waals surface area contributed by atoms with Crippen LogP contribution in [0.5, 0.6) is 0 Å². The molecule has 1 saturated heterocycles. The van der Waals surface area contributed by atoms with E-state index in [9.17, 15) is 19.8 Å². The van der Waals surface area contributed by atoms with Crippen LogP contribution in [0.25, 0.3) is 11.1 Å². The van der Waals surface area contributed by atoms with Crippen molar-refractivity contribution in [2.75, 3.05) is 13.2 Å². The number of hydrogen-bond acceptors (Lipinski definition) is 5. The van der Waals surface area contributed by atoms with E-state index < -0.39 is 35.6 Å². The maximum atomic E-state index is 13.1. The molecule has 0 bridgehead atoms. The Kier molecular flexibility index (Phi) is 7.80. The van der Waals surface area contributed by atoms with Gasteiger partial charge in [-0.25, -0.2) is 0 Å². The topological polar surface area (TPSA) is 116 Å². The van der Waals surface area contributed by atoms with E-state index in [4.69, 9.17) is 17.3 Å². The second kappa shape index (κ2) is 10.2. The molecule has 0 saturated carbocycles. The smallest absolute Gasteiger partial charge is 0.243 e. The van der Waals surface area contributed by atoms with E-state index >= 15 is 0 Å². The zero-order chi connectivity index (χ0) is 24.3. The Hall–Kier alpha value is -2.45. The van der Waals surface area contributed by atoms with Gasteiger partial charge in [-0.3, -0.25) is 9.59 Å². The van der Waals surface area contributed by atoms with Crippen LogP contribution < -0.4 is 11.1 Å². The maximum absolute atomic E-state index is 13.1. The number of carbonyl (C=O) groups is 2. The molecule has 1 aliphatic rings. The molecule has 5 N–H and O–H groups in total. The summed E-state index contributed by atoms with van der Waals surface area (Å²) in [4.78, 5) is 27.3. The lowest BCUT2D eigenvalue weighted by Crippen LogP contribution is -2.55. The molecule has 0 spiro atoms. The highest BCUT2D eigenvalue weighted by molar-refractivity contribution is 6.33. The van der Waals surface area contributed by atoms with Crippen molar-refractivity contribution in [3.05, 3.63) is 59.1 Å². The molecule has 1 aliphatic heterocycles. The monoisotopic (exact) mass is 473 g/mol. The van der Waals surface area contributed by atoms with Crippen molar-refractivity contribution in [2.45, 2.75) is 51.4 Å². The van der Waals surface area contributed by atoms with Crippen molar-refractivity contribution >= 4 is 23.4 Å². The van der Waals surface area contributed by atoms with Gasteiger partial charge < -0.3 is 26.2 Å². The quantitative estimate of drug-likeness (QED) is 0.514. The number of nitrogens with one attached hydrogen (secondary N) is 1. The van der Waals surface area contributed by atoms with E-state index in [0.717, 1.165) is 11.1 Å². The summed E-state index contributed by atoms with van der Waals surface area (Å²) in [6.45, 7) is 5.29. The van der Waals surface area contributed by atoms with Gasteiger partial charge in [0.1, 0.15) is 6.04 Å². The molecular formula is C25H32ClN3O4. The van der Waals surface area contributed by atoms with E-state index in [1.807, 2.05) is 69.3 Å². The molecule has 1 fully saturated rings. The highest BCUT2D eigenvalue weighted by Gasteiger charge is 2.43. The molecule has 4 atom stereocenters. The molecule has 178 valence electrons. The van der Waals surface area contributed by atoms with E-state index in [1.165, 1.54) is 4.90 Å². The Morgan fingerprint density at radius 1 is 1.18 bits per heavy atom. The lowest BCUT2D eigenvalue weighted by molar-refractivity contribution is -0.141. The summed E-state index contributed by atoms with van der Waals surface area (Å²) in [5.41, 5.74) is 8.15. The summed E-state index contributed by atoms with van der Waals surface area (Å²) >= 11 is 6.27. The standard InChI is InChI=1S/C25H32ClN3O4/c1-25(2,3)22(27)24(33)29-13-17(31)12-21(29)23(32)28-20(14-30)16-10-8-15(9-11-16)18-6-4-5-7-19(18)26/h4-11,17,20-22,30-31H,12-14,27H2,1-3H3,(H,28,32)/t17-,20+,21+,22-/m1/s1. The summed E-state index contributed by atoms with van der Waals surface area (Å²) in [6.07, 6.45) is -0.683. The number of aliphatic hydroxyl groups is 2. The molecule has 0 aliphatic carbocycles. The molecule has 2 aromatic rings. The highest BCUT2D eigenvalue weighted by Crippen LogP contribution is 2.29. The van der Waals surface area contributed by atoms with Crippen LogP contribution in [-0.4, -0.2) is 58.3 Å². The largest absolute Gasteiger partial charge is 0.394 e. The summed E-state index contributed by atoms with van der Waals surface area (Å²) in [6, 6.07) is 12.6. The van der Waals surface area contributed by atoms with Crippen LogP contribution in [0.1, 0.15) is 38.8 Å². The number of β-amino-alcohol motifs (C(OH)–C–C–N with tert-alkyl or cyclic N) is 1. The van der Waals surface area contributed by atoms with Crippen LogP contribution in [0.4, 0.5) is 0 Å². The van der Waals surface area contributed by atoms with Crippen molar-refractivity contribution in [2.24, 2.45) is 11.1 Å². The lowest BCUT2D eigenvalue weighted by atomic mass is 9.86. The Balaban J connectivity index is 1.74. The molecule has 1 heterocycles. The Morgan fingerprint density at radius 2 is 1.82 bits per heavy atom. The Bertz CT molecular complexity index is 990. The fourth-order valence-electron chi connectivity index (χ4n) is 3.95. The van der Waals surface area contributed by atoms with Crippen LogP contribution in [0.3, 0.4) is 0 Å². The van der Waals surface area contributed by atoms with Crippen LogP contribution in [0.15, 0.2) is 48.5 Å². The van der Waals surface area contributed by atoms with Gasteiger partial charge in [0.15, 0.2) is 0 Å². The molecule has 0 radical (unpaired) electrons. The average Bonchev–Trinajstić information content (AvgIpc) is 3.18. The van der Waals surface area contributed by atoms with Crippen molar-refractivity contribution in [3.8, 4) is 11.1 Å². The maximum Gasteiger partial charge on any atom is 0.243 e. The molecule has 7 nitrogen and oxygen atoms in total. The van der Waals surface area contributed by atoms with Crippen molar-refractivity contribution in [3.63, 3.8) is 0 Å². The fourth-order valence-corrected chi connectivity index (χ4v) is 4.19. The molecule has 33 heavy (non-hydrogen) atoms. The Labute approximate surface area is 199 Å². The number of hydrogen-bond donors (Lipinski definition) is 4. The third kappa shape index (κ3) is 5.73. The van der Waals surface area contributed by atoms with E-state index in [-0.39, 0.29) is 25.5 Å². The van der Waals surface area contributed by atoms with Gasteiger partial charge in [0, 0.05) is 23.6 Å². The second-order valence-corrected chi connectivity index (χ2v) is 9.99. The van der Waals surface area contributed by atoms with Gasteiger partial charge in [0.2, 0.25) is 11.8 Å². The summed E-state index contributed by atoms with van der Waals surface area (Å²) < 4.78 is 0. The number of likely N-dealkylation sites (tertiary alicyclic amines) is 1.